The van der Waals surface area contributed by atoms with Crippen LogP contribution in [0.5, 0.6) is 5.75 Å². The predicted molar refractivity (Wildman–Crippen MR) is 107 cm³/mol. The van der Waals surface area contributed by atoms with Crippen molar-refractivity contribution in [2.75, 3.05) is 0 Å². The van der Waals surface area contributed by atoms with E-state index in [9.17, 15) is 4.79 Å². The van der Waals surface area contributed by atoms with Crippen molar-refractivity contribution in [2.45, 2.75) is 26.9 Å². The van der Waals surface area contributed by atoms with Crippen LogP contribution in [0.4, 0.5) is 5.69 Å². The molecule has 0 amide bonds. The molecule has 0 fully saturated rings. The van der Waals surface area contributed by atoms with Crippen LogP contribution >= 0.6 is 11.1 Å². The van der Waals surface area contributed by atoms with Gasteiger partial charge in [0, 0.05) is 17.6 Å². The number of para-hydroxylation sites is 1. The number of pyridine rings is 1. The fraction of sp³-hybridized carbons (Fsp3) is 0.211. The van der Waals surface area contributed by atoms with E-state index in [2.05, 4.69) is 9.98 Å². The molecule has 3 aromatic rings. The van der Waals surface area contributed by atoms with Gasteiger partial charge in [-0.3, -0.25) is 9.98 Å². The van der Waals surface area contributed by atoms with Crippen LogP contribution < -0.4 is 10.1 Å². The normalized spacial score (nSPS) is 12.4. The molecule has 0 aliphatic carbocycles. The number of halogens is 1. The Kier molecular flexibility index (Phi) is 4.98. The predicted octanol–water partition coefficient (Wildman–Crippen LogP) is 4.96. The second kappa shape index (κ2) is 7.05. The van der Waals surface area contributed by atoms with E-state index in [1.165, 1.54) is 0 Å². The molecule has 3 rings (SSSR count). The van der Waals surface area contributed by atoms with Gasteiger partial charge in [0.25, 0.3) is 0 Å². The Balaban J connectivity index is 2.16. The summed E-state index contributed by atoms with van der Waals surface area (Å²) in [6.45, 7) is 7.12. The Morgan fingerprint density at radius 1 is 1.27 bits per heavy atom. The average molecular weight is 387 g/mol. The van der Waals surface area contributed by atoms with Crippen LogP contribution in [-0.2, 0) is 0 Å². The standard InChI is InChI=1S/C19H19ClN2O3Si/c1-12-11-16(25-26(3,4)20)17(19(23)24-12)13(2)22-15-9-5-7-14-8-6-10-21-18(14)15/h5-11H,1-4H3. The maximum atomic E-state index is 12.5. The van der Waals surface area contributed by atoms with Gasteiger partial charge in [0.15, 0.2) is 0 Å². The van der Waals surface area contributed by atoms with E-state index in [0.29, 0.717) is 22.9 Å². The van der Waals surface area contributed by atoms with Gasteiger partial charge in [-0.25, -0.2) is 4.79 Å². The number of hydrogen-bond donors (Lipinski definition) is 0. The minimum atomic E-state index is -2.43. The van der Waals surface area contributed by atoms with Crippen LogP contribution in [-0.4, -0.2) is 18.3 Å². The molecule has 0 aliphatic heterocycles. The zero-order chi connectivity index (χ0) is 18.9. The van der Waals surface area contributed by atoms with E-state index in [-0.39, 0.29) is 5.56 Å². The Morgan fingerprint density at radius 2 is 2.00 bits per heavy atom. The lowest BCUT2D eigenvalue weighted by molar-refractivity contribution is 0.462. The summed E-state index contributed by atoms with van der Waals surface area (Å²) < 4.78 is 11.1. The van der Waals surface area contributed by atoms with Crippen LogP contribution in [0.15, 0.2) is 56.8 Å². The van der Waals surface area contributed by atoms with Crippen molar-refractivity contribution < 1.29 is 8.84 Å². The smallest absolute Gasteiger partial charge is 0.348 e. The maximum absolute atomic E-state index is 12.5. The molecule has 0 saturated carbocycles. The summed E-state index contributed by atoms with van der Waals surface area (Å²) in [5, 5.41) is 0.975. The van der Waals surface area contributed by atoms with Crippen LogP contribution in [0, 0.1) is 6.92 Å². The van der Waals surface area contributed by atoms with Crippen molar-refractivity contribution in [3.05, 3.63) is 64.3 Å². The van der Waals surface area contributed by atoms with E-state index in [4.69, 9.17) is 19.9 Å². The molecule has 0 radical (unpaired) electrons. The van der Waals surface area contributed by atoms with Gasteiger partial charge in [-0.15, -0.1) is 11.1 Å². The summed E-state index contributed by atoms with van der Waals surface area (Å²) >= 11 is 6.32. The minimum absolute atomic E-state index is 0.282. The summed E-state index contributed by atoms with van der Waals surface area (Å²) in [7, 11) is -2.43. The van der Waals surface area contributed by atoms with Crippen molar-refractivity contribution >= 4 is 41.0 Å². The van der Waals surface area contributed by atoms with Gasteiger partial charge >= 0.3 is 13.3 Å². The van der Waals surface area contributed by atoms with Gasteiger partial charge in [-0.2, -0.15) is 0 Å². The lowest BCUT2D eigenvalue weighted by Gasteiger charge is -2.19. The molecule has 7 heteroatoms. The Hall–Kier alpha value is -2.44. The zero-order valence-corrected chi connectivity index (χ0v) is 16.8. The van der Waals surface area contributed by atoms with Gasteiger partial charge in [0.2, 0.25) is 0 Å². The number of nitrogens with zero attached hydrogens (tertiary/aromatic N) is 2. The Bertz CT molecular complexity index is 1050. The highest BCUT2D eigenvalue weighted by atomic mass is 35.6. The van der Waals surface area contributed by atoms with Gasteiger partial charge < -0.3 is 8.84 Å². The minimum Gasteiger partial charge on any atom is -0.529 e. The van der Waals surface area contributed by atoms with Crippen LogP contribution in [0.1, 0.15) is 18.2 Å². The SMILES string of the molecule is CC(=Nc1cccc2cccnc12)c1c(O[Si](C)(C)Cl)cc(C)oc1=O. The molecule has 5 nitrogen and oxygen atoms in total. The molecule has 2 aromatic heterocycles. The molecule has 134 valence electrons. The van der Waals surface area contributed by atoms with Gasteiger partial charge in [-0.1, -0.05) is 18.2 Å². The zero-order valence-electron chi connectivity index (χ0n) is 15.0. The summed E-state index contributed by atoms with van der Waals surface area (Å²) in [5.74, 6) is 0.864. The molecule has 0 N–H and O–H groups in total. The molecule has 2 heterocycles. The molecule has 0 bridgehead atoms. The van der Waals surface area contributed by atoms with Crippen molar-refractivity contribution in [3.8, 4) is 5.75 Å². The van der Waals surface area contributed by atoms with Crippen molar-refractivity contribution in [1.29, 1.82) is 0 Å². The van der Waals surface area contributed by atoms with E-state index >= 15 is 0 Å². The monoisotopic (exact) mass is 386 g/mol. The lowest BCUT2D eigenvalue weighted by Crippen LogP contribution is -2.29. The van der Waals surface area contributed by atoms with Crippen LogP contribution in [0.25, 0.3) is 10.9 Å². The fourth-order valence-electron chi connectivity index (χ4n) is 2.67. The summed E-state index contributed by atoms with van der Waals surface area (Å²) in [4.78, 5) is 21.5. The number of benzene rings is 1. The molecule has 1 aromatic carbocycles. The quantitative estimate of drug-likeness (QED) is 0.361. The molecule has 0 spiro atoms. The van der Waals surface area contributed by atoms with Crippen molar-refractivity contribution in [1.82, 2.24) is 4.98 Å². The topological polar surface area (TPSA) is 64.7 Å². The van der Waals surface area contributed by atoms with Crippen molar-refractivity contribution in [2.24, 2.45) is 4.99 Å². The first kappa shape index (κ1) is 18.4. The second-order valence-corrected chi connectivity index (χ2v) is 12.1. The molecule has 26 heavy (non-hydrogen) atoms. The molecular formula is C19H19ClN2O3Si. The first-order valence-electron chi connectivity index (χ1n) is 8.17. The summed E-state index contributed by atoms with van der Waals surface area (Å²) in [6.07, 6.45) is 1.72. The molecule has 0 atom stereocenters. The highest BCUT2D eigenvalue weighted by Crippen LogP contribution is 2.27. The number of aryl methyl sites for hydroxylation is 1. The number of aliphatic imine (C=N–C) groups is 1. The Labute approximate surface area is 157 Å². The number of hydrogen-bond acceptors (Lipinski definition) is 5. The fourth-order valence-corrected chi connectivity index (χ4v) is 3.60. The second-order valence-electron chi connectivity index (χ2n) is 6.40. The van der Waals surface area contributed by atoms with E-state index in [1.807, 2.05) is 43.4 Å². The van der Waals surface area contributed by atoms with Crippen LogP contribution in [0.2, 0.25) is 13.1 Å². The number of aromatic nitrogens is 1. The Morgan fingerprint density at radius 3 is 2.73 bits per heavy atom. The largest absolute Gasteiger partial charge is 0.529 e. The van der Waals surface area contributed by atoms with Crippen molar-refractivity contribution in [3.63, 3.8) is 0 Å². The van der Waals surface area contributed by atoms with Gasteiger partial charge in [0.05, 0.1) is 16.9 Å². The molecule has 0 aliphatic rings. The molecule has 0 saturated heterocycles. The summed E-state index contributed by atoms with van der Waals surface area (Å²) in [6, 6.07) is 11.2. The van der Waals surface area contributed by atoms with Crippen LogP contribution in [0.3, 0.4) is 0 Å². The maximum Gasteiger partial charge on any atom is 0.348 e. The summed E-state index contributed by atoms with van der Waals surface area (Å²) in [5.41, 5.74) is 1.71. The average Bonchev–Trinajstić information content (AvgIpc) is 2.53. The first-order valence-corrected chi connectivity index (χ1v) is 12.1. The number of rotatable bonds is 4. The lowest BCUT2D eigenvalue weighted by atomic mass is 10.1. The third-order valence-electron chi connectivity index (χ3n) is 3.65. The molecule has 0 unspecified atom stereocenters. The van der Waals surface area contributed by atoms with E-state index in [1.54, 1.807) is 26.1 Å². The number of fused-ring (bicyclic) bond motifs is 1. The highest BCUT2D eigenvalue weighted by molar-refractivity contribution is 7.15. The highest BCUT2D eigenvalue weighted by Gasteiger charge is 2.25. The van der Waals surface area contributed by atoms with E-state index < -0.39 is 13.3 Å². The third kappa shape index (κ3) is 4.03. The van der Waals surface area contributed by atoms with E-state index in [0.717, 1.165) is 10.9 Å². The van der Waals surface area contributed by atoms with Gasteiger partial charge in [0.1, 0.15) is 17.1 Å². The first-order chi connectivity index (χ1) is 12.2. The molecular weight excluding hydrogens is 368 g/mol. The van der Waals surface area contributed by atoms with Gasteiger partial charge in [-0.05, 0) is 39.1 Å². The third-order valence-corrected chi connectivity index (χ3v) is 4.59.